The van der Waals surface area contributed by atoms with Crippen molar-refractivity contribution < 1.29 is 13.6 Å². The summed E-state index contributed by atoms with van der Waals surface area (Å²) in [4.78, 5) is 16.7. The SMILES string of the molecule is Cc1ccccc1C(=O)NCCc1nc(-c2ccc(F)cc2)oc1C. The number of rotatable bonds is 5. The highest BCUT2D eigenvalue weighted by Crippen LogP contribution is 2.22. The second-order valence-electron chi connectivity index (χ2n) is 5.85. The van der Waals surface area contributed by atoms with Gasteiger partial charge in [0.2, 0.25) is 5.89 Å². The van der Waals surface area contributed by atoms with Crippen molar-refractivity contribution in [3.63, 3.8) is 0 Å². The number of hydrogen-bond donors (Lipinski definition) is 1. The molecule has 0 saturated carbocycles. The molecule has 3 rings (SSSR count). The zero-order chi connectivity index (χ0) is 17.8. The molecule has 0 radical (unpaired) electrons. The minimum absolute atomic E-state index is 0.0991. The van der Waals surface area contributed by atoms with Gasteiger partial charge in [-0.15, -0.1) is 0 Å². The largest absolute Gasteiger partial charge is 0.441 e. The molecule has 0 aliphatic rings. The lowest BCUT2D eigenvalue weighted by Gasteiger charge is -2.06. The van der Waals surface area contributed by atoms with Crippen LogP contribution in [0.3, 0.4) is 0 Å². The first kappa shape index (κ1) is 16.9. The van der Waals surface area contributed by atoms with Gasteiger partial charge in [0, 0.05) is 24.1 Å². The Hall–Kier alpha value is -2.95. The third-order valence-electron chi connectivity index (χ3n) is 4.02. The van der Waals surface area contributed by atoms with Gasteiger partial charge in [-0.25, -0.2) is 9.37 Å². The number of nitrogens with one attached hydrogen (secondary N) is 1. The van der Waals surface area contributed by atoms with E-state index in [1.165, 1.54) is 12.1 Å². The van der Waals surface area contributed by atoms with Crippen molar-refractivity contribution in [1.82, 2.24) is 10.3 Å². The van der Waals surface area contributed by atoms with Gasteiger partial charge in [0.25, 0.3) is 5.91 Å². The summed E-state index contributed by atoms with van der Waals surface area (Å²) in [5.41, 5.74) is 3.12. The number of carbonyl (C=O) groups excluding carboxylic acids is 1. The summed E-state index contributed by atoms with van der Waals surface area (Å²) in [6.07, 6.45) is 0.564. The number of carbonyl (C=O) groups is 1. The molecule has 2 aromatic carbocycles. The molecule has 0 spiro atoms. The number of aryl methyl sites for hydroxylation is 2. The zero-order valence-corrected chi connectivity index (χ0v) is 14.2. The van der Waals surface area contributed by atoms with Gasteiger partial charge in [-0.3, -0.25) is 4.79 Å². The highest BCUT2D eigenvalue weighted by molar-refractivity contribution is 5.95. The second-order valence-corrected chi connectivity index (χ2v) is 5.85. The van der Waals surface area contributed by atoms with Gasteiger partial charge in [0.05, 0.1) is 5.69 Å². The summed E-state index contributed by atoms with van der Waals surface area (Å²) in [6, 6.07) is 13.5. The number of hydrogen-bond acceptors (Lipinski definition) is 3. The number of oxazole rings is 1. The average Bonchev–Trinajstić information content (AvgIpc) is 2.97. The minimum atomic E-state index is -0.300. The van der Waals surface area contributed by atoms with Gasteiger partial charge in [-0.2, -0.15) is 0 Å². The molecule has 128 valence electrons. The molecular weight excluding hydrogens is 319 g/mol. The Bertz CT molecular complexity index is 885. The maximum absolute atomic E-state index is 13.0. The van der Waals surface area contributed by atoms with E-state index in [0.29, 0.717) is 30.2 Å². The van der Waals surface area contributed by atoms with Crippen molar-refractivity contribution in [3.05, 3.63) is 76.9 Å². The molecule has 3 aromatic rings. The lowest BCUT2D eigenvalue weighted by atomic mass is 10.1. The Balaban J connectivity index is 1.63. The van der Waals surface area contributed by atoms with Crippen LogP contribution in [0.5, 0.6) is 0 Å². The molecule has 0 aliphatic heterocycles. The molecule has 0 aliphatic carbocycles. The maximum atomic E-state index is 13.0. The number of benzene rings is 2. The van der Waals surface area contributed by atoms with E-state index < -0.39 is 0 Å². The average molecular weight is 338 g/mol. The molecule has 1 N–H and O–H groups in total. The number of amides is 1. The van der Waals surface area contributed by atoms with E-state index in [-0.39, 0.29) is 11.7 Å². The van der Waals surface area contributed by atoms with Crippen LogP contribution < -0.4 is 5.32 Å². The van der Waals surface area contributed by atoms with Crippen LogP contribution in [0.4, 0.5) is 4.39 Å². The monoisotopic (exact) mass is 338 g/mol. The van der Waals surface area contributed by atoms with E-state index in [1.54, 1.807) is 18.2 Å². The number of halogens is 1. The van der Waals surface area contributed by atoms with E-state index in [0.717, 1.165) is 16.8 Å². The normalized spacial score (nSPS) is 10.7. The Morgan fingerprint density at radius 2 is 1.84 bits per heavy atom. The van der Waals surface area contributed by atoms with Crippen LogP contribution in [0.2, 0.25) is 0 Å². The Labute approximate surface area is 145 Å². The van der Waals surface area contributed by atoms with Crippen LogP contribution in [0.25, 0.3) is 11.5 Å². The lowest BCUT2D eigenvalue weighted by molar-refractivity contribution is 0.0953. The molecule has 0 bridgehead atoms. The summed E-state index contributed by atoms with van der Waals surface area (Å²) in [6.45, 7) is 4.20. The molecule has 0 unspecified atom stereocenters. The fourth-order valence-electron chi connectivity index (χ4n) is 2.59. The third-order valence-corrected chi connectivity index (χ3v) is 4.02. The highest BCUT2D eigenvalue weighted by Gasteiger charge is 2.13. The number of nitrogens with zero attached hydrogens (tertiary/aromatic N) is 1. The predicted octanol–water partition coefficient (Wildman–Crippen LogP) is 4.07. The first-order valence-corrected chi connectivity index (χ1v) is 8.10. The molecule has 25 heavy (non-hydrogen) atoms. The molecule has 1 amide bonds. The van der Waals surface area contributed by atoms with Crippen molar-refractivity contribution >= 4 is 5.91 Å². The summed E-state index contributed by atoms with van der Waals surface area (Å²) in [5, 5.41) is 2.90. The first-order chi connectivity index (χ1) is 12.0. The van der Waals surface area contributed by atoms with Crippen LogP contribution in [-0.2, 0) is 6.42 Å². The minimum Gasteiger partial charge on any atom is -0.441 e. The first-order valence-electron chi connectivity index (χ1n) is 8.10. The van der Waals surface area contributed by atoms with E-state index >= 15 is 0 Å². The third kappa shape index (κ3) is 3.94. The van der Waals surface area contributed by atoms with E-state index in [2.05, 4.69) is 10.3 Å². The Kier molecular flexibility index (Phi) is 4.93. The lowest BCUT2D eigenvalue weighted by Crippen LogP contribution is -2.26. The summed E-state index contributed by atoms with van der Waals surface area (Å²) < 4.78 is 18.7. The summed E-state index contributed by atoms with van der Waals surface area (Å²) in [7, 11) is 0. The topological polar surface area (TPSA) is 55.1 Å². The molecule has 1 aromatic heterocycles. The van der Waals surface area contributed by atoms with Gasteiger partial charge < -0.3 is 9.73 Å². The molecule has 0 saturated heterocycles. The molecule has 0 atom stereocenters. The fraction of sp³-hybridized carbons (Fsp3) is 0.200. The van der Waals surface area contributed by atoms with Gasteiger partial charge in [-0.1, -0.05) is 18.2 Å². The van der Waals surface area contributed by atoms with Crippen LogP contribution in [-0.4, -0.2) is 17.4 Å². The van der Waals surface area contributed by atoms with Crippen LogP contribution in [0, 0.1) is 19.7 Å². The van der Waals surface area contributed by atoms with Crippen LogP contribution in [0.15, 0.2) is 52.9 Å². The van der Waals surface area contributed by atoms with Crippen molar-refractivity contribution in [2.24, 2.45) is 0 Å². The van der Waals surface area contributed by atoms with Crippen molar-refractivity contribution in [2.75, 3.05) is 6.54 Å². The van der Waals surface area contributed by atoms with E-state index in [1.807, 2.05) is 32.0 Å². The second kappa shape index (κ2) is 7.30. The molecule has 1 heterocycles. The van der Waals surface area contributed by atoms with Gasteiger partial charge in [0.15, 0.2) is 0 Å². The van der Waals surface area contributed by atoms with Crippen molar-refractivity contribution in [2.45, 2.75) is 20.3 Å². The van der Waals surface area contributed by atoms with Gasteiger partial charge in [-0.05, 0) is 49.7 Å². The predicted molar refractivity (Wildman–Crippen MR) is 93.9 cm³/mol. The van der Waals surface area contributed by atoms with Gasteiger partial charge >= 0.3 is 0 Å². The quantitative estimate of drug-likeness (QED) is 0.763. The molecular formula is C20H19FN2O2. The summed E-state index contributed by atoms with van der Waals surface area (Å²) >= 11 is 0. The van der Waals surface area contributed by atoms with Crippen LogP contribution in [0.1, 0.15) is 27.4 Å². The van der Waals surface area contributed by atoms with Crippen molar-refractivity contribution in [1.29, 1.82) is 0 Å². The Morgan fingerprint density at radius 3 is 2.56 bits per heavy atom. The van der Waals surface area contributed by atoms with E-state index in [4.69, 9.17) is 4.42 Å². The van der Waals surface area contributed by atoms with E-state index in [9.17, 15) is 9.18 Å². The van der Waals surface area contributed by atoms with Crippen LogP contribution >= 0.6 is 0 Å². The zero-order valence-electron chi connectivity index (χ0n) is 14.2. The highest BCUT2D eigenvalue weighted by atomic mass is 19.1. The molecule has 0 fully saturated rings. The Morgan fingerprint density at radius 1 is 1.12 bits per heavy atom. The summed E-state index contributed by atoms with van der Waals surface area (Å²) in [5.74, 6) is 0.756. The van der Waals surface area contributed by atoms with Crippen molar-refractivity contribution in [3.8, 4) is 11.5 Å². The number of aromatic nitrogens is 1. The molecule has 4 nitrogen and oxygen atoms in total. The maximum Gasteiger partial charge on any atom is 0.251 e. The standard InChI is InChI=1S/C20H19FN2O2/c1-13-5-3-4-6-17(13)19(24)22-12-11-18-14(2)25-20(23-18)15-7-9-16(21)10-8-15/h3-10H,11-12H2,1-2H3,(H,22,24). The molecule has 5 heteroatoms. The van der Waals surface area contributed by atoms with Gasteiger partial charge in [0.1, 0.15) is 11.6 Å². The smallest absolute Gasteiger partial charge is 0.251 e. The fourth-order valence-corrected chi connectivity index (χ4v) is 2.59.